The van der Waals surface area contributed by atoms with Gasteiger partial charge in [-0.1, -0.05) is 12.1 Å². The summed E-state index contributed by atoms with van der Waals surface area (Å²) in [6.07, 6.45) is 0. The van der Waals surface area contributed by atoms with Crippen LogP contribution in [0.2, 0.25) is 0 Å². The average molecular weight is 383 g/mol. The molecule has 3 rings (SSSR count). The number of hydrogen-bond acceptors (Lipinski definition) is 7. The summed E-state index contributed by atoms with van der Waals surface area (Å²) in [5, 5.41) is 0.800. The Hall–Kier alpha value is -3.48. The van der Waals surface area contributed by atoms with Gasteiger partial charge in [-0.15, -0.1) is 0 Å². The predicted molar refractivity (Wildman–Crippen MR) is 106 cm³/mol. The molecule has 0 spiro atoms. The number of methoxy groups -OCH3 is 1. The molecule has 0 amide bonds. The van der Waals surface area contributed by atoms with Crippen molar-refractivity contribution in [1.82, 2.24) is 0 Å². The van der Waals surface area contributed by atoms with Crippen molar-refractivity contribution < 1.29 is 23.4 Å². The van der Waals surface area contributed by atoms with Crippen molar-refractivity contribution in [3.63, 3.8) is 0 Å². The zero-order valence-corrected chi connectivity index (χ0v) is 15.9. The smallest absolute Gasteiger partial charge is 0.344 e. The molecule has 0 unspecified atom stereocenters. The van der Waals surface area contributed by atoms with Crippen molar-refractivity contribution >= 4 is 28.3 Å². The van der Waals surface area contributed by atoms with E-state index in [-0.39, 0.29) is 13.2 Å². The Morgan fingerprint density at radius 1 is 1.11 bits per heavy atom. The normalized spacial score (nSPS) is 10.5. The van der Waals surface area contributed by atoms with Crippen LogP contribution in [0.25, 0.3) is 11.0 Å². The number of fused-ring (bicyclic) bond motifs is 1. The van der Waals surface area contributed by atoms with Crippen molar-refractivity contribution in [2.24, 2.45) is 0 Å². The number of hydrogen-bond donors (Lipinski definition) is 0. The Balaban J connectivity index is 1.96. The minimum absolute atomic E-state index is 0.227. The van der Waals surface area contributed by atoms with Gasteiger partial charge in [-0.05, 0) is 31.2 Å². The number of anilines is 2. The Morgan fingerprint density at radius 3 is 2.64 bits per heavy atom. The van der Waals surface area contributed by atoms with Crippen LogP contribution in [0.3, 0.4) is 0 Å². The monoisotopic (exact) mass is 383 g/mol. The minimum Gasteiger partial charge on any atom is -0.493 e. The van der Waals surface area contributed by atoms with Crippen LogP contribution in [0.4, 0.5) is 11.4 Å². The Kier molecular flexibility index (Phi) is 5.84. The van der Waals surface area contributed by atoms with Crippen molar-refractivity contribution in [3.8, 4) is 11.5 Å². The number of benzene rings is 2. The van der Waals surface area contributed by atoms with E-state index in [1.807, 2.05) is 36.2 Å². The first-order valence-electron chi connectivity index (χ1n) is 8.76. The van der Waals surface area contributed by atoms with Crippen LogP contribution in [-0.2, 0) is 9.53 Å². The molecule has 146 valence electrons. The van der Waals surface area contributed by atoms with E-state index in [1.54, 1.807) is 25.1 Å². The van der Waals surface area contributed by atoms with Crippen LogP contribution in [0.5, 0.6) is 11.5 Å². The molecule has 28 heavy (non-hydrogen) atoms. The van der Waals surface area contributed by atoms with Crippen LogP contribution < -0.4 is 20.0 Å². The summed E-state index contributed by atoms with van der Waals surface area (Å²) in [4.78, 5) is 25.4. The maximum absolute atomic E-state index is 12.0. The molecular weight excluding hydrogens is 362 g/mol. The van der Waals surface area contributed by atoms with Gasteiger partial charge in [0, 0.05) is 30.3 Å². The topological polar surface area (TPSA) is 78.2 Å². The van der Waals surface area contributed by atoms with Crippen LogP contribution >= 0.6 is 0 Å². The number of carbonyl (C=O) groups is 1. The summed E-state index contributed by atoms with van der Waals surface area (Å²) < 4.78 is 21.0. The third kappa shape index (κ3) is 4.09. The van der Waals surface area contributed by atoms with E-state index in [2.05, 4.69) is 0 Å². The molecular formula is C21H21NO6. The Morgan fingerprint density at radius 2 is 1.89 bits per heavy atom. The number of para-hydroxylation sites is 1. The molecule has 7 nitrogen and oxygen atoms in total. The highest BCUT2D eigenvalue weighted by atomic mass is 16.6. The number of ether oxygens (including phenoxy) is 3. The lowest BCUT2D eigenvalue weighted by molar-refractivity contribution is -0.145. The first-order valence-corrected chi connectivity index (χ1v) is 8.76. The molecule has 1 aromatic heterocycles. The molecule has 1 heterocycles. The second-order valence-corrected chi connectivity index (χ2v) is 5.93. The molecule has 0 saturated carbocycles. The zero-order chi connectivity index (χ0) is 20.1. The van der Waals surface area contributed by atoms with Crippen LogP contribution in [0.1, 0.15) is 6.92 Å². The molecule has 0 saturated heterocycles. The summed E-state index contributed by atoms with van der Waals surface area (Å²) in [5.74, 6) is 0.418. The molecule has 7 heteroatoms. The van der Waals surface area contributed by atoms with E-state index in [4.69, 9.17) is 18.6 Å². The molecule has 0 aliphatic heterocycles. The first kappa shape index (κ1) is 19.3. The molecule has 0 aliphatic rings. The standard InChI is InChI=1S/C21H21NO6/c1-4-26-21(24)13-27-19-11-14(9-10-18(19)25-3)22(2)16-12-20(23)28-17-8-6-5-7-15(16)17/h5-12H,4,13H2,1-3H3. The fourth-order valence-corrected chi connectivity index (χ4v) is 2.84. The summed E-state index contributed by atoms with van der Waals surface area (Å²) >= 11 is 0. The van der Waals surface area contributed by atoms with E-state index in [0.29, 0.717) is 22.8 Å². The van der Waals surface area contributed by atoms with Gasteiger partial charge in [0.15, 0.2) is 18.1 Å². The first-order chi connectivity index (χ1) is 13.5. The Bertz CT molecular complexity index is 1040. The minimum atomic E-state index is -0.463. The van der Waals surface area contributed by atoms with Gasteiger partial charge in [0.25, 0.3) is 0 Å². The second-order valence-electron chi connectivity index (χ2n) is 5.93. The number of rotatable bonds is 7. The largest absolute Gasteiger partial charge is 0.493 e. The molecule has 2 aromatic carbocycles. The third-order valence-corrected chi connectivity index (χ3v) is 4.17. The van der Waals surface area contributed by atoms with Gasteiger partial charge in [0.2, 0.25) is 0 Å². The zero-order valence-electron chi connectivity index (χ0n) is 15.9. The van der Waals surface area contributed by atoms with Crippen molar-refractivity contribution in [3.05, 3.63) is 59.0 Å². The van der Waals surface area contributed by atoms with Crippen LogP contribution in [0.15, 0.2) is 57.7 Å². The molecule has 0 bridgehead atoms. The number of esters is 1. The van der Waals surface area contributed by atoms with Gasteiger partial charge in [-0.25, -0.2) is 9.59 Å². The molecule has 0 atom stereocenters. The van der Waals surface area contributed by atoms with Crippen LogP contribution in [0, 0.1) is 0 Å². The van der Waals surface area contributed by atoms with Gasteiger partial charge in [-0.3, -0.25) is 0 Å². The molecule has 0 N–H and O–H groups in total. The van der Waals surface area contributed by atoms with Crippen molar-refractivity contribution in [1.29, 1.82) is 0 Å². The lowest BCUT2D eigenvalue weighted by Gasteiger charge is -2.22. The fraction of sp³-hybridized carbons (Fsp3) is 0.238. The van der Waals surface area contributed by atoms with Gasteiger partial charge < -0.3 is 23.5 Å². The molecule has 3 aromatic rings. The molecule has 0 radical (unpaired) electrons. The van der Waals surface area contributed by atoms with Crippen LogP contribution in [-0.4, -0.2) is 33.3 Å². The van der Waals surface area contributed by atoms with Gasteiger partial charge in [0.1, 0.15) is 5.58 Å². The third-order valence-electron chi connectivity index (χ3n) is 4.17. The SMILES string of the molecule is CCOC(=O)COc1cc(N(C)c2cc(=O)oc3ccccc23)ccc1OC. The number of carbonyl (C=O) groups excluding carboxylic acids is 1. The predicted octanol–water partition coefficient (Wildman–Crippen LogP) is 3.51. The van der Waals surface area contributed by atoms with E-state index < -0.39 is 11.6 Å². The van der Waals surface area contributed by atoms with Gasteiger partial charge in [-0.2, -0.15) is 0 Å². The maximum Gasteiger partial charge on any atom is 0.344 e. The van der Waals surface area contributed by atoms with E-state index in [1.165, 1.54) is 13.2 Å². The van der Waals surface area contributed by atoms with Gasteiger partial charge >= 0.3 is 11.6 Å². The summed E-state index contributed by atoms with van der Waals surface area (Å²) in [6.45, 7) is 1.79. The second kappa shape index (κ2) is 8.47. The highest BCUT2D eigenvalue weighted by molar-refractivity contribution is 5.92. The highest BCUT2D eigenvalue weighted by Gasteiger charge is 2.15. The number of nitrogens with zero attached hydrogens (tertiary/aromatic N) is 1. The van der Waals surface area contributed by atoms with Crippen molar-refractivity contribution in [2.45, 2.75) is 6.92 Å². The van der Waals surface area contributed by atoms with Gasteiger partial charge in [0.05, 0.1) is 19.4 Å². The summed E-state index contributed by atoms with van der Waals surface area (Å²) in [5.41, 5.74) is 1.50. The van der Waals surface area contributed by atoms with E-state index >= 15 is 0 Å². The summed E-state index contributed by atoms with van der Waals surface area (Å²) in [7, 11) is 3.35. The highest BCUT2D eigenvalue weighted by Crippen LogP contribution is 2.35. The lowest BCUT2D eigenvalue weighted by Crippen LogP contribution is -2.16. The van der Waals surface area contributed by atoms with Crippen molar-refractivity contribution in [2.75, 3.05) is 32.3 Å². The van der Waals surface area contributed by atoms with E-state index in [0.717, 1.165) is 11.1 Å². The average Bonchev–Trinajstić information content (AvgIpc) is 2.71. The molecule has 0 fully saturated rings. The Labute approximate surface area is 162 Å². The maximum atomic E-state index is 12.0. The fourth-order valence-electron chi connectivity index (χ4n) is 2.84. The van der Waals surface area contributed by atoms with E-state index in [9.17, 15) is 9.59 Å². The molecule has 0 aliphatic carbocycles. The summed E-state index contributed by atoms with van der Waals surface area (Å²) in [6, 6.07) is 14.1. The quantitative estimate of drug-likeness (QED) is 0.456. The lowest BCUT2D eigenvalue weighted by atomic mass is 10.1.